The summed E-state index contributed by atoms with van der Waals surface area (Å²) in [5, 5.41) is 13.7. The molecule has 8 heteroatoms. The second-order valence-corrected chi connectivity index (χ2v) is 11.2. The summed E-state index contributed by atoms with van der Waals surface area (Å²) in [5.74, 6) is 0.673. The van der Waals surface area contributed by atoms with Gasteiger partial charge in [0.25, 0.3) is 0 Å². The fourth-order valence-corrected chi connectivity index (χ4v) is 4.90. The Kier molecular flexibility index (Phi) is 7.38. The van der Waals surface area contributed by atoms with E-state index in [1.807, 2.05) is 43.3 Å². The minimum absolute atomic E-state index is 0.0316. The van der Waals surface area contributed by atoms with Crippen molar-refractivity contribution in [3.63, 3.8) is 0 Å². The second-order valence-electron chi connectivity index (χ2n) is 11.2. The lowest BCUT2D eigenvalue weighted by atomic mass is 9.87. The van der Waals surface area contributed by atoms with E-state index in [0.717, 1.165) is 16.7 Å². The number of ketones is 1. The maximum absolute atomic E-state index is 15.3. The van der Waals surface area contributed by atoms with E-state index in [4.69, 9.17) is 9.47 Å². The molecule has 1 aliphatic carbocycles. The molecule has 1 aliphatic rings. The Morgan fingerprint density at radius 2 is 1.74 bits per heavy atom. The number of aryl methyl sites for hydroxylation is 1. The number of nitrogens with one attached hydrogen (secondary N) is 1. The Morgan fingerprint density at radius 1 is 0.953 bits per heavy atom. The van der Waals surface area contributed by atoms with Crippen molar-refractivity contribution in [1.29, 1.82) is 0 Å². The van der Waals surface area contributed by atoms with E-state index in [2.05, 4.69) is 15.3 Å². The highest BCUT2D eigenvalue weighted by Crippen LogP contribution is 2.35. The molecule has 5 aromatic rings. The number of Topliss-reactive ketones (excluding diaryl/α,β-unsaturated/α-hetero) is 1. The van der Waals surface area contributed by atoms with Gasteiger partial charge in [0.2, 0.25) is 0 Å². The van der Waals surface area contributed by atoms with E-state index in [1.165, 1.54) is 12.1 Å². The Morgan fingerprint density at radius 3 is 2.51 bits per heavy atom. The third kappa shape index (κ3) is 6.10. The van der Waals surface area contributed by atoms with Gasteiger partial charge in [-0.2, -0.15) is 0 Å². The maximum Gasteiger partial charge on any atom is 0.197 e. The molecule has 0 unspecified atom stereocenters. The third-order valence-electron chi connectivity index (χ3n) is 7.08. The van der Waals surface area contributed by atoms with Crippen LogP contribution < -0.4 is 14.8 Å². The Bertz CT molecular complexity index is 1880. The van der Waals surface area contributed by atoms with Crippen molar-refractivity contribution in [2.75, 3.05) is 11.9 Å². The van der Waals surface area contributed by atoms with E-state index in [1.54, 1.807) is 56.6 Å². The Balaban J connectivity index is 1.22. The van der Waals surface area contributed by atoms with Gasteiger partial charge in [0, 0.05) is 41.2 Å². The number of benzene rings is 3. The minimum Gasteiger partial charge on any atom is -0.491 e. The van der Waals surface area contributed by atoms with Gasteiger partial charge in [-0.25, -0.2) is 9.37 Å². The van der Waals surface area contributed by atoms with Crippen LogP contribution in [0, 0.1) is 12.7 Å². The van der Waals surface area contributed by atoms with Gasteiger partial charge >= 0.3 is 0 Å². The highest BCUT2D eigenvalue weighted by atomic mass is 19.1. The number of pyridine rings is 2. The molecule has 0 amide bonds. The van der Waals surface area contributed by atoms with Gasteiger partial charge in [0.05, 0.1) is 16.7 Å². The number of ether oxygens (including phenoxy) is 2. The van der Waals surface area contributed by atoms with E-state index in [0.29, 0.717) is 51.5 Å². The van der Waals surface area contributed by atoms with E-state index >= 15 is 4.39 Å². The third-order valence-corrected chi connectivity index (χ3v) is 7.08. The van der Waals surface area contributed by atoms with Crippen molar-refractivity contribution in [1.82, 2.24) is 9.97 Å². The monoisotopic (exact) mass is 575 g/mol. The van der Waals surface area contributed by atoms with Crippen molar-refractivity contribution in [3.05, 3.63) is 119 Å². The first-order valence-corrected chi connectivity index (χ1v) is 13.9. The van der Waals surface area contributed by atoms with Gasteiger partial charge < -0.3 is 19.9 Å². The summed E-state index contributed by atoms with van der Waals surface area (Å²) in [6.45, 7) is 5.46. The van der Waals surface area contributed by atoms with Crippen LogP contribution >= 0.6 is 0 Å². The molecular weight excluding hydrogens is 545 g/mol. The van der Waals surface area contributed by atoms with Crippen molar-refractivity contribution >= 4 is 33.8 Å². The molecule has 2 heterocycles. The van der Waals surface area contributed by atoms with Crippen LogP contribution in [0.15, 0.2) is 91.3 Å². The van der Waals surface area contributed by atoms with Crippen LogP contribution in [0.3, 0.4) is 0 Å². The lowest BCUT2D eigenvalue weighted by molar-refractivity contribution is 0.0285. The molecule has 6 rings (SSSR count). The normalized spacial score (nSPS) is 13.0. The average molecular weight is 576 g/mol. The number of allylic oxidation sites excluding steroid dienone is 2. The molecule has 0 atom stereocenters. The summed E-state index contributed by atoms with van der Waals surface area (Å²) in [5.41, 5.74) is 3.99. The second kappa shape index (κ2) is 11.3. The summed E-state index contributed by atoms with van der Waals surface area (Å²) in [6.07, 6.45) is 5.75. The summed E-state index contributed by atoms with van der Waals surface area (Å²) >= 11 is 0. The quantitative estimate of drug-likeness (QED) is 0.197. The van der Waals surface area contributed by atoms with Gasteiger partial charge in [-0.05, 0) is 74.7 Å². The number of carbonyl (C=O) groups is 1. The highest BCUT2D eigenvalue weighted by molar-refractivity contribution is 6.32. The smallest absolute Gasteiger partial charge is 0.197 e. The lowest BCUT2D eigenvalue weighted by Gasteiger charge is -2.20. The van der Waals surface area contributed by atoms with E-state index < -0.39 is 11.4 Å². The van der Waals surface area contributed by atoms with Crippen LogP contribution in [0.2, 0.25) is 0 Å². The lowest BCUT2D eigenvalue weighted by Crippen LogP contribution is -2.27. The fourth-order valence-electron chi connectivity index (χ4n) is 4.90. The van der Waals surface area contributed by atoms with Crippen LogP contribution in [-0.2, 0) is 6.42 Å². The zero-order chi connectivity index (χ0) is 30.1. The van der Waals surface area contributed by atoms with Crippen molar-refractivity contribution in [2.24, 2.45) is 0 Å². The standard InChI is InChI=1S/C35H30FN3O4/c1-21-4-6-22(7-5-21)26-11-8-23-14-16-38-34(32(23)33(26)40)39-24-9-13-31(28(36)18-24)43-30-15-17-37-29-19-25(10-12-27(29)30)42-20-35(2,3)41/h4-7,9-19,41H,8,20H2,1-3H3,(H,38,39). The summed E-state index contributed by atoms with van der Waals surface area (Å²) in [6, 6.07) is 21.1. The molecule has 0 saturated heterocycles. The molecule has 0 bridgehead atoms. The molecule has 2 aromatic heterocycles. The predicted molar refractivity (Wildman–Crippen MR) is 165 cm³/mol. The molecule has 0 aliphatic heterocycles. The summed E-state index contributed by atoms with van der Waals surface area (Å²) in [4.78, 5) is 22.4. The van der Waals surface area contributed by atoms with Crippen LogP contribution in [0.1, 0.15) is 40.9 Å². The molecule has 43 heavy (non-hydrogen) atoms. The van der Waals surface area contributed by atoms with Gasteiger partial charge in [0.1, 0.15) is 23.9 Å². The summed E-state index contributed by atoms with van der Waals surface area (Å²) < 4.78 is 27.0. The fraction of sp³-hybridized carbons (Fsp3) is 0.171. The predicted octanol–water partition coefficient (Wildman–Crippen LogP) is 7.59. The van der Waals surface area contributed by atoms with Gasteiger partial charge in [-0.3, -0.25) is 9.78 Å². The van der Waals surface area contributed by atoms with Crippen molar-refractivity contribution in [2.45, 2.75) is 32.8 Å². The number of aromatic nitrogens is 2. The Hall–Kier alpha value is -5.08. The topological polar surface area (TPSA) is 93.6 Å². The van der Waals surface area contributed by atoms with Crippen LogP contribution in [0.25, 0.3) is 16.5 Å². The number of carbonyl (C=O) groups excluding carboxylic acids is 1. The zero-order valence-electron chi connectivity index (χ0n) is 24.0. The number of hydrogen-bond acceptors (Lipinski definition) is 7. The first kappa shape index (κ1) is 28.1. The van der Waals surface area contributed by atoms with Crippen LogP contribution in [0.4, 0.5) is 15.9 Å². The molecule has 216 valence electrons. The minimum atomic E-state index is -0.973. The SMILES string of the molecule is Cc1ccc(C2=CCc3ccnc(Nc4ccc(Oc5ccnc6cc(OCC(C)(C)O)ccc56)c(F)c4)c3C2=O)cc1. The molecule has 0 radical (unpaired) electrons. The summed E-state index contributed by atoms with van der Waals surface area (Å²) in [7, 11) is 0. The number of rotatable bonds is 8. The number of nitrogens with zero attached hydrogens (tertiary/aromatic N) is 2. The number of fused-ring (bicyclic) bond motifs is 2. The largest absolute Gasteiger partial charge is 0.491 e. The number of anilines is 2. The zero-order valence-corrected chi connectivity index (χ0v) is 24.0. The van der Waals surface area contributed by atoms with Crippen LogP contribution in [0.5, 0.6) is 17.2 Å². The van der Waals surface area contributed by atoms with Gasteiger partial charge in [-0.15, -0.1) is 0 Å². The highest BCUT2D eigenvalue weighted by Gasteiger charge is 2.26. The van der Waals surface area contributed by atoms with Crippen molar-refractivity contribution < 1.29 is 23.8 Å². The van der Waals surface area contributed by atoms with Gasteiger partial charge in [-0.1, -0.05) is 35.9 Å². The average Bonchev–Trinajstić information content (AvgIpc) is 2.98. The molecule has 0 fully saturated rings. The van der Waals surface area contributed by atoms with E-state index in [9.17, 15) is 9.90 Å². The molecule has 3 aromatic carbocycles. The number of hydrogen-bond donors (Lipinski definition) is 2. The first-order valence-electron chi connectivity index (χ1n) is 13.9. The number of halogens is 1. The molecular formula is C35H30FN3O4. The molecule has 7 nitrogen and oxygen atoms in total. The first-order chi connectivity index (χ1) is 20.6. The van der Waals surface area contributed by atoms with Crippen molar-refractivity contribution in [3.8, 4) is 17.2 Å². The van der Waals surface area contributed by atoms with E-state index in [-0.39, 0.29) is 18.1 Å². The molecule has 2 N–H and O–H groups in total. The van der Waals surface area contributed by atoms with Crippen LogP contribution in [-0.4, -0.2) is 33.1 Å². The number of aliphatic hydroxyl groups is 1. The van der Waals surface area contributed by atoms with Gasteiger partial charge in [0.15, 0.2) is 17.3 Å². The Labute approximate surface area is 248 Å². The molecule has 0 spiro atoms. The maximum atomic E-state index is 15.3. The molecule has 0 saturated carbocycles.